The normalized spacial score (nSPS) is 9.95. The summed E-state index contributed by atoms with van der Waals surface area (Å²) in [5, 5.41) is 4.43. The lowest BCUT2D eigenvalue weighted by Crippen LogP contribution is -2.32. The quantitative estimate of drug-likeness (QED) is 0.655. The van der Waals surface area contributed by atoms with Gasteiger partial charge in [0.15, 0.2) is 11.5 Å². The molecule has 0 aliphatic rings. The van der Waals surface area contributed by atoms with Crippen LogP contribution in [0.5, 0.6) is 11.5 Å². The molecule has 2 aromatic rings. The van der Waals surface area contributed by atoms with Crippen LogP contribution >= 0.6 is 11.3 Å². The molecule has 6 heteroatoms. The zero-order valence-corrected chi connectivity index (χ0v) is 12.3. The van der Waals surface area contributed by atoms with Crippen molar-refractivity contribution in [3.05, 3.63) is 46.7 Å². The number of benzene rings is 1. The molecule has 2 rings (SSSR count). The predicted octanol–water partition coefficient (Wildman–Crippen LogP) is 2.02. The number of rotatable bonds is 6. The summed E-state index contributed by atoms with van der Waals surface area (Å²) >= 11 is 1.50. The average Bonchev–Trinajstić information content (AvgIpc) is 2.98. The maximum atomic E-state index is 11.7. The third-order valence-electron chi connectivity index (χ3n) is 2.64. The highest BCUT2D eigenvalue weighted by molar-refractivity contribution is 7.10. The summed E-state index contributed by atoms with van der Waals surface area (Å²) in [5.74, 6) is 0.0433. The molecule has 0 aliphatic carbocycles. The van der Waals surface area contributed by atoms with Gasteiger partial charge in [0.1, 0.15) is 6.54 Å². The average molecular weight is 305 g/mol. The summed E-state index contributed by atoms with van der Waals surface area (Å²) in [5.41, 5.74) is 0. The summed E-state index contributed by atoms with van der Waals surface area (Å²) in [6, 6.07) is 10.6. The first kappa shape index (κ1) is 15.1. The van der Waals surface area contributed by atoms with Gasteiger partial charge in [-0.15, -0.1) is 11.3 Å². The summed E-state index contributed by atoms with van der Waals surface area (Å²) in [6.45, 7) is -0.178. The van der Waals surface area contributed by atoms with Crippen LogP contribution in [0.1, 0.15) is 4.88 Å². The second kappa shape index (κ2) is 7.44. The van der Waals surface area contributed by atoms with E-state index in [1.165, 1.54) is 18.4 Å². The SMILES string of the molecule is COc1ccccc1OC(=O)CNC(=O)Cc1cccs1. The molecule has 110 valence electrons. The maximum absolute atomic E-state index is 11.7. The van der Waals surface area contributed by atoms with Gasteiger partial charge in [0.2, 0.25) is 5.91 Å². The maximum Gasteiger partial charge on any atom is 0.330 e. The monoisotopic (exact) mass is 305 g/mol. The van der Waals surface area contributed by atoms with Crippen molar-refractivity contribution >= 4 is 23.2 Å². The lowest BCUT2D eigenvalue weighted by atomic mass is 10.3. The van der Waals surface area contributed by atoms with Crippen molar-refractivity contribution in [2.24, 2.45) is 0 Å². The van der Waals surface area contributed by atoms with Gasteiger partial charge < -0.3 is 14.8 Å². The molecule has 1 N–H and O–H groups in total. The Labute approximate surface area is 126 Å². The van der Waals surface area contributed by atoms with E-state index in [1.54, 1.807) is 24.3 Å². The fourth-order valence-electron chi connectivity index (χ4n) is 1.67. The van der Waals surface area contributed by atoms with Crippen LogP contribution in [0.4, 0.5) is 0 Å². The van der Waals surface area contributed by atoms with Crippen LogP contribution in [0.25, 0.3) is 0 Å². The molecule has 1 aromatic carbocycles. The Morgan fingerprint density at radius 3 is 2.57 bits per heavy atom. The molecule has 21 heavy (non-hydrogen) atoms. The summed E-state index contributed by atoms with van der Waals surface area (Å²) in [4.78, 5) is 24.3. The Kier molecular flexibility index (Phi) is 5.34. The number of carbonyl (C=O) groups is 2. The third-order valence-corrected chi connectivity index (χ3v) is 3.51. The second-order valence-corrected chi connectivity index (χ2v) is 5.19. The van der Waals surface area contributed by atoms with Gasteiger partial charge in [0.05, 0.1) is 13.5 Å². The summed E-state index contributed by atoms with van der Waals surface area (Å²) in [7, 11) is 1.50. The number of para-hydroxylation sites is 2. The van der Waals surface area contributed by atoms with E-state index in [2.05, 4.69) is 5.32 Å². The molecule has 5 nitrogen and oxygen atoms in total. The summed E-state index contributed by atoms with van der Waals surface area (Å²) < 4.78 is 10.2. The molecule has 0 aliphatic heterocycles. The van der Waals surface area contributed by atoms with Crippen molar-refractivity contribution in [2.45, 2.75) is 6.42 Å². The standard InChI is InChI=1S/C15H15NO4S/c1-19-12-6-2-3-7-13(12)20-15(18)10-16-14(17)9-11-5-4-8-21-11/h2-8H,9-10H2,1H3,(H,16,17). The summed E-state index contributed by atoms with van der Waals surface area (Å²) in [6.07, 6.45) is 0.263. The van der Waals surface area contributed by atoms with Crippen molar-refractivity contribution in [1.29, 1.82) is 0 Å². The largest absolute Gasteiger partial charge is 0.493 e. The molecule has 0 spiro atoms. The topological polar surface area (TPSA) is 64.6 Å². The van der Waals surface area contributed by atoms with Crippen LogP contribution in [-0.2, 0) is 16.0 Å². The molecule has 0 radical (unpaired) electrons. The van der Waals surface area contributed by atoms with Gasteiger partial charge in [-0.3, -0.25) is 4.79 Å². The lowest BCUT2D eigenvalue weighted by molar-refractivity contribution is -0.135. The molecule has 0 saturated heterocycles. The minimum absolute atomic E-state index is 0.178. The number of carbonyl (C=O) groups excluding carboxylic acids is 2. The van der Waals surface area contributed by atoms with Crippen LogP contribution in [0, 0.1) is 0 Å². The molecule has 1 amide bonds. The third kappa shape index (κ3) is 4.61. The van der Waals surface area contributed by atoms with Crippen molar-refractivity contribution in [1.82, 2.24) is 5.32 Å². The lowest BCUT2D eigenvalue weighted by Gasteiger charge is -2.09. The van der Waals surface area contributed by atoms with Crippen molar-refractivity contribution < 1.29 is 19.1 Å². The van der Waals surface area contributed by atoms with E-state index in [1.807, 2.05) is 17.5 Å². The number of thiophene rings is 1. The van der Waals surface area contributed by atoms with E-state index in [4.69, 9.17) is 9.47 Å². The Hall–Kier alpha value is -2.34. The molecule has 0 saturated carbocycles. The molecule has 1 heterocycles. The van der Waals surface area contributed by atoms with E-state index in [9.17, 15) is 9.59 Å². The van der Waals surface area contributed by atoms with Gasteiger partial charge in [0.25, 0.3) is 0 Å². The van der Waals surface area contributed by atoms with Gasteiger partial charge in [-0.25, -0.2) is 4.79 Å². The molecule has 0 atom stereocenters. The number of hydrogen-bond donors (Lipinski definition) is 1. The van der Waals surface area contributed by atoms with E-state index >= 15 is 0 Å². The van der Waals surface area contributed by atoms with Gasteiger partial charge in [-0.2, -0.15) is 0 Å². The van der Waals surface area contributed by atoms with E-state index in [0.717, 1.165) is 4.88 Å². The molecular formula is C15H15NO4S. The molecule has 0 fully saturated rings. The van der Waals surface area contributed by atoms with E-state index in [-0.39, 0.29) is 18.9 Å². The van der Waals surface area contributed by atoms with E-state index in [0.29, 0.717) is 11.5 Å². The fourth-order valence-corrected chi connectivity index (χ4v) is 2.37. The Morgan fingerprint density at radius 2 is 1.90 bits per heavy atom. The minimum Gasteiger partial charge on any atom is -0.493 e. The van der Waals surface area contributed by atoms with Crippen molar-refractivity contribution in [3.63, 3.8) is 0 Å². The van der Waals surface area contributed by atoms with Crippen LogP contribution in [0.3, 0.4) is 0 Å². The predicted molar refractivity (Wildman–Crippen MR) is 79.7 cm³/mol. The Morgan fingerprint density at radius 1 is 1.14 bits per heavy atom. The van der Waals surface area contributed by atoms with Gasteiger partial charge in [0, 0.05) is 4.88 Å². The highest BCUT2D eigenvalue weighted by Crippen LogP contribution is 2.25. The van der Waals surface area contributed by atoms with Crippen LogP contribution in [0.2, 0.25) is 0 Å². The fraction of sp³-hybridized carbons (Fsp3) is 0.200. The highest BCUT2D eigenvalue weighted by atomic mass is 32.1. The first-order valence-electron chi connectivity index (χ1n) is 6.32. The first-order chi connectivity index (χ1) is 10.2. The second-order valence-electron chi connectivity index (χ2n) is 4.16. The van der Waals surface area contributed by atoms with Crippen LogP contribution in [0.15, 0.2) is 41.8 Å². The minimum atomic E-state index is -0.543. The Balaban J connectivity index is 1.80. The molecule has 0 unspecified atom stereocenters. The number of hydrogen-bond acceptors (Lipinski definition) is 5. The van der Waals surface area contributed by atoms with Crippen molar-refractivity contribution in [3.8, 4) is 11.5 Å². The van der Waals surface area contributed by atoms with Gasteiger partial charge in [-0.05, 0) is 23.6 Å². The zero-order valence-electron chi connectivity index (χ0n) is 11.5. The molecular weight excluding hydrogens is 290 g/mol. The number of amides is 1. The number of ether oxygens (including phenoxy) is 2. The van der Waals surface area contributed by atoms with Gasteiger partial charge >= 0.3 is 5.97 Å². The van der Waals surface area contributed by atoms with E-state index < -0.39 is 5.97 Å². The number of nitrogens with one attached hydrogen (secondary N) is 1. The molecule has 0 bridgehead atoms. The van der Waals surface area contributed by atoms with Crippen LogP contribution in [-0.4, -0.2) is 25.5 Å². The highest BCUT2D eigenvalue weighted by Gasteiger charge is 2.11. The number of esters is 1. The molecule has 1 aromatic heterocycles. The Bertz CT molecular complexity index is 610. The zero-order chi connectivity index (χ0) is 15.1. The smallest absolute Gasteiger partial charge is 0.330 e. The van der Waals surface area contributed by atoms with Crippen LogP contribution < -0.4 is 14.8 Å². The van der Waals surface area contributed by atoms with Gasteiger partial charge in [-0.1, -0.05) is 18.2 Å². The number of methoxy groups -OCH3 is 1. The van der Waals surface area contributed by atoms with Crippen molar-refractivity contribution in [2.75, 3.05) is 13.7 Å². The first-order valence-corrected chi connectivity index (χ1v) is 7.20.